The summed E-state index contributed by atoms with van der Waals surface area (Å²) >= 11 is 5.07. The second-order valence-electron chi connectivity index (χ2n) is 5.37. The van der Waals surface area contributed by atoms with Gasteiger partial charge in [-0.2, -0.15) is 0 Å². The van der Waals surface area contributed by atoms with Crippen molar-refractivity contribution in [1.82, 2.24) is 10.9 Å². The van der Waals surface area contributed by atoms with Crippen LogP contribution >= 0.6 is 12.2 Å². The van der Waals surface area contributed by atoms with Gasteiger partial charge in [0.2, 0.25) is 5.91 Å². The van der Waals surface area contributed by atoms with E-state index in [-0.39, 0.29) is 22.8 Å². The molecule has 0 bridgehead atoms. The summed E-state index contributed by atoms with van der Waals surface area (Å²) in [5.41, 5.74) is 6.39. The highest BCUT2D eigenvalue weighted by molar-refractivity contribution is 7.80. The minimum atomic E-state index is -0.297. The Kier molecular flexibility index (Phi) is 5.50. The molecule has 1 saturated carbocycles. The standard InChI is InChI=1S/C15H20FN3OS/c1-10-7-8-12(9-13(10)16)17-15(21)19-18-14(20)11-5-3-2-4-6-11/h7-9,11H,2-6H2,1H3,(H,18,20)(H2,17,19,21). The Morgan fingerprint density at radius 2 is 1.95 bits per heavy atom. The van der Waals surface area contributed by atoms with Gasteiger partial charge >= 0.3 is 0 Å². The lowest BCUT2D eigenvalue weighted by Gasteiger charge is -2.21. The van der Waals surface area contributed by atoms with Crippen LogP contribution in [0.3, 0.4) is 0 Å². The van der Waals surface area contributed by atoms with Crippen LogP contribution < -0.4 is 16.2 Å². The predicted octanol–water partition coefficient (Wildman–Crippen LogP) is 3.03. The summed E-state index contributed by atoms with van der Waals surface area (Å²) in [4.78, 5) is 11.9. The Morgan fingerprint density at radius 1 is 1.24 bits per heavy atom. The number of rotatable bonds is 2. The third-order valence-electron chi connectivity index (χ3n) is 3.70. The minimum Gasteiger partial charge on any atom is -0.331 e. The average Bonchev–Trinajstić information content (AvgIpc) is 2.49. The van der Waals surface area contributed by atoms with Crippen molar-refractivity contribution in [3.8, 4) is 0 Å². The van der Waals surface area contributed by atoms with E-state index in [1.165, 1.54) is 12.5 Å². The number of aryl methyl sites for hydroxylation is 1. The average molecular weight is 309 g/mol. The van der Waals surface area contributed by atoms with E-state index in [9.17, 15) is 9.18 Å². The molecule has 6 heteroatoms. The molecule has 0 saturated heterocycles. The van der Waals surface area contributed by atoms with Gasteiger partial charge in [0.15, 0.2) is 5.11 Å². The van der Waals surface area contributed by atoms with Gasteiger partial charge in [0.25, 0.3) is 0 Å². The molecule has 0 heterocycles. The summed E-state index contributed by atoms with van der Waals surface area (Å²) in [6.07, 6.45) is 5.26. The van der Waals surface area contributed by atoms with Crippen molar-refractivity contribution in [2.45, 2.75) is 39.0 Å². The maximum absolute atomic E-state index is 13.4. The molecule has 1 amide bonds. The number of hydrogen-bond donors (Lipinski definition) is 3. The number of carbonyl (C=O) groups excluding carboxylic acids is 1. The largest absolute Gasteiger partial charge is 0.331 e. The van der Waals surface area contributed by atoms with E-state index in [0.29, 0.717) is 11.3 Å². The van der Waals surface area contributed by atoms with E-state index >= 15 is 0 Å². The highest BCUT2D eigenvalue weighted by Gasteiger charge is 2.20. The van der Waals surface area contributed by atoms with Gasteiger partial charge in [0.05, 0.1) is 0 Å². The lowest BCUT2D eigenvalue weighted by molar-refractivity contribution is -0.126. The zero-order chi connectivity index (χ0) is 15.2. The van der Waals surface area contributed by atoms with Gasteiger partial charge in [-0.3, -0.25) is 15.6 Å². The lowest BCUT2D eigenvalue weighted by Crippen LogP contribution is -2.46. The highest BCUT2D eigenvalue weighted by atomic mass is 32.1. The third kappa shape index (κ3) is 4.67. The zero-order valence-corrected chi connectivity index (χ0v) is 12.9. The molecule has 21 heavy (non-hydrogen) atoms. The molecule has 1 aliphatic rings. The van der Waals surface area contributed by atoms with Gasteiger partial charge in [-0.05, 0) is 49.7 Å². The number of hydrazine groups is 1. The Morgan fingerprint density at radius 3 is 2.62 bits per heavy atom. The Bertz CT molecular complexity index is 530. The third-order valence-corrected chi connectivity index (χ3v) is 3.91. The van der Waals surface area contributed by atoms with Gasteiger partial charge in [-0.15, -0.1) is 0 Å². The first-order valence-corrected chi connectivity index (χ1v) is 7.60. The molecule has 2 rings (SSSR count). The van der Waals surface area contributed by atoms with Gasteiger partial charge in [0, 0.05) is 11.6 Å². The zero-order valence-electron chi connectivity index (χ0n) is 12.0. The summed E-state index contributed by atoms with van der Waals surface area (Å²) in [5.74, 6) is -0.270. The second kappa shape index (κ2) is 7.36. The normalized spacial score (nSPS) is 15.3. The van der Waals surface area contributed by atoms with E-state index in [1.54, 1.807) is 19.1 Å². The summed E-state index contributed by atoms with van der Waals surface area (Å²) in [5, 5.41) is 3.07. The van der Waals surface area contributed by atoms with Crippen molar-refractivity contribution in [1.29, 1.82) is 0 Å². The van der Waals surface area contributed by atoms with Crippen LogP contribution in [0.4, 0.5) is 10.1 Å². The van der Waals surface area contributed by atoms with Crippen LogP contribution in [0, 0.1) is 18.7 Å². The number of thiocarbonyl (C=S) groups is 1. The quantitative estimate of drug-likeness (QED) is 0.580. The van der Waals surface area contributed by atoms with E-state index in [4.69, 9.17) is 12.2 Å². The van der Waals surface area contributed by atoms with Gasteiger partial charge in [-0.25, -0.2) is 4.39 Å². The fourth-order valence-electron chi connectivity index (χ4n) is 2.42. The van der Waals surface area contributed by atoms with Crippen molar-refractivity contribution in [3.05, 3.63) is 29.6 Å². The molecule has 1 aromatic rings. The topological polar surface area (TPSA) is 53.2 Å². The molecular weight excluding hydrogens is 289 g/mol. The summed E-state index contributed by atoms with van der Waals surface area (Å²) in [6.45, 7) is 1.69. The van der Waals surface area contributed by atoms with E-state index in [0.717, 1.165) is 25.7 Å². The first kappa shape index (κ1) is 15.7. The van der Waals surface area contributed by atoms with Gasteiger partial charge < -0.3 is 5.32 Å². The second-order valence-corrected chi connectivity index (χ2v) is 5.78. The van der Waals surface area contributed by atoms with Crippen LogP contribution in [0.2, 0.25) is 0 Å². The molecule has 4 nitrogen and oxygen atoms in total. The maximum Gasteiger partial charge on any atom is 0.241 e. The molecule has 1 fully saturated rings. The number of halogens is 1. The molecule has 1 aliphatic carbocycles. The predicted molar refractivity (Wildman–Crippen MR) is 85.2 cm³/mol. The SMILES string of the molecule is Cc1ccc(NC(=S)NNC(=O)C2CCCCC2)cc1F. The van der Waals surface area contributed by atoms with Crippen LogP contribution in [0.1, 0.15) is 37.7 Å². The fourth-order valence-corrected chi connectivity index (χ4v) is 2.59. The molecular formula is C15H20FN3OS. The Labute approximate surface area is 129 Å². The van der Waals surface area contributed by atoms with Crippen molar-refractivity contribution < 1.29 is 9.18 Å². The molecule has 3 N–H and O–H groups in total. The molecule has 0 aromatic heterocycles. The maximum atomic E-state index is 13.4. The molecule has 0 radical (unpaired) electrons. The van der Waals surface area contributed by atoms with Gasteiger partial charge in [0.1, 0.15) is 5.82 Å². The van der Waals surface area contributed by atoms with E-state index in [1.807, 2.05) is 0 Å². The van der Waals surface area contributed by atoms with Crippen LogP contribution in [0.25, 0.3) is 0 Å². The summed E-state index contributed by atoms with van der Waals surface area (Å²) in [6, 6.07) is 4.77. The Balaban J connectivity index is 1.78. The number of nitrogens with one attached hydrogen (secondary N) is 3. The van der Waals surface area contributed by atoms with Crippen molar-refractivity contribution in [3.63, 3.8) is 0 Å². The monoisotopic (exact) mass is 309 g/mol. The summed E-state index contributed by atoms with van der Waals surface area (Å²) in [7, 11) is 0. The number of anilines is 1. The number of amides is 1. The Hall–Kier alpha value is -1.69. The van der Waals surface area contributed by atoms with E-state index < -0.39 is 0 Å². The molecule has 1 aromatic carbocycles. The van der Waals surface area contributed by atoms with Crippen molar-refractivity contribution >= 4 is 28.9 Å². The molecule has 0 atom stereocenters. The minimum absolute atomic E-state index is 0.0334. The molecule has 0 aliphatic heterocycles. The van der Waals surface area contributed by atoms with Crippen LogP contribution in [-0.2, 0) is 4.79 Å². The number of carbonyl (C=O) groups is 1. The van der Waals surface area contributed by atoms with Gasteiger partial charge in [-0.1, -0.05) is 25.3 Å². The first-order chi connectivity index (χ1) is 10.1. The molecule has 114 valence electrons. The summed E-state index contributed by atoms with van der Waals surface area (Å²) < 4.78 is 13.4. The highest BCUT2D eigenvalue weighted by Crippen LogP contribution is 2.23. The molecule has 0 spiro atoms. The van der Waals surface area contributed by atoms with Crippen LogP contribution in [-0.4, -0.2) is 11.0 Å². The number of hydrogen-bond acceptors (Lipinski definition) is 2. The van der Waals surface area contributed by atoms with E-state index in [2.05, 4.69) is 16.2 Å². The number of benzene rings is 1. The lowest BCUT2D eigenvalue weighted by atomic mass is 9.89. The fraction of sp³-hybridized carbons (Fsp3) is 0.467. The smallest absolute Gasteiger partial charge is 0.241 e. The first-order valence-electron chi connectivity index (χ1n) is 7.19. The van der Waals surface area contributed by atoms with Crippen LogP contribution in [0.5, 0.6) is 0 Å². The molecule has 0 unspecified atom stereocenters. The van der Waals surface area contributed by atoms with Crippen molar-refractivity contribution in [2.75, 3.05) is 5.32 Å². The van der Waals surface area contributed by atoms with Crippen LogP contribution in [0.15, 0.2) is 18.2 Å². The van der Waals surface area contributed by atoms with Crippen molar-refractivity contribution in [2.24, 2.45) is 5.92 Å².